The lowest BCUT2D eigenvalue weighted by Gasteiger charge is -2.10. The molecule has 2 aromatic rings. The molecule has 0 aliphatic heterocycles. The quantitative estimate of drug-likeness (QED) is 0.745. The average molecular weight is 355 g/mol. The number of hydrogen-bond donors (Lipinski definition) is 0. The van der Waals surface area contributed by atoms with Crippen LogP contribution in [-0.2, 0) is 13.0 Å². The van der Waals surface area contributed by atoms with E-state index in [2.05, 4.69) is 27.8 Å². The molecule has 0 saturated carbocycles. The Morgan fingerprint density at radius 3 is 2.90 bits per heavy atom. The smallest absolute Gasteiger partial charge is 0.172 e. The number of hydrogen-bond acceptors (Lipinski definition) is 3. The molecule has 1 aromatic carbocycles. The maximum atomic E-state index is 10.9. The van der Waals surface area contributed by atoms with Gasteiger partial charge in [0.1, 0.15) is 18.1 Å². The highest BCUT2D eigenvalue weighted by Gasteiger charge is 2.07. The van der Waals surface area contributed by atoms with Gasteiger partial charge in [0.25, 0.3) is 0 Å². The summed E-state index contributed by atoms with van der Waals surface area (Å²) >= 11 is 9.39. The fraction of sp³-hybridized carbons (Fsp3) is 0.200. The van der Waals surface area contributed by atoms with Crippen molar-refractivity contribution in [2.75, 3.05) is 0 Å². The zero-order chi connectivity index (χ0) is 14.5. The lowest BCUT2D eigenvalue weighted by molar-refractivity contribution is 0.111. The molecule has 1 heterocycles. The molecule has 20 heavy (non-hydrogen) atoms. The highest BCUT2D eigenvalue weighted by atomic mass is 79.9. The average Bonchev–Trinajstić information content (AvgIpc) is 2.46. The van der Waals surface area contributed by atoms with E-state index < -0.39 is 0 Å². The molecule has 0 aliphatic rings. The fourth-order valence-corrected chi connectivity index (χ4v) is 2.35. The molecule has 0 atom stereocenters. The molecule has 5 heteroatoms. The van der Waals surface area contributed by atoms with Crippen LogP contribution in [0.1, 0.15) is 28.5 Å². The lowest BCUT2D eigenvalue weighted by atomic mass is 10.1. The highest BCUT2D eigenvalue weighted by molar-refractivity contribution is 9.10. The van der Waals surface area contributed by atoms with E-state index in [4.69, 9.17) is 16.3 Å². The predicted molar refractivity (Wildman–Crippen MR) is 82.5 cm³/mol. The molecule has 0 fully saturated rings. The molecule has 0 bridgehead atoms. The minimum absolute atomic E-state index is 0.290. The van der Waals surface area contributed by atoms with Crippen LogP contribution >= 0.6 is 27.5 Å². The van der Waals surface area contributed by atoms with Crippen molar-refractivity contribution in [3.63, 3.8) is 0 Å². The third-order valence-electron chi connectivity index (χ3n) is 2.85. The summed E-state index contributed by atoms with van der Waals surface area (Å²) in [4.78, 5) is 14.9. The molecule has 0 aliphatic carbocycles. The van der Waals surface area contributed by atoms with Gasteiger partial charge in [0.2, 0.25) is 0 Å². The van der Waals surface area contributed by atoms with Crippen molar-refractivity contribution >= 4 is 33.8 Å². The standard InChI is InChI=1S/C15H13BrClNO2/c1-2-11-5-10(3-4-13(11)17)9-20-15-6-12(16)7-18-14(15)8-19/h3-8H,2,9H2,1H3. The minimum atomic E-state index is 0.290. The Morgan fingerprint density at radius 1 is 1.40 bits per heavy atom. The molecule has 0 radical (unpaired) electrons. The van der Waals surface area contributed by atoms with Gasteiger partial charge in [-0.25, -0.2) is 4.98 Å². The van der Waals surface area contributed by atoms with Crippen LogP contribution in [0.4, 0.5) is 0 Å². The molecule has 1 aromatic heterocycles. The van der Waals surface area contributed by atoms with E-state index in [9.17, 15) is 4.79 Å². The maximum absolute atomic E-state index is 10.9. The van der Waals surface area contributed by atoms with Crippen molar-refractivity contribution in [2.24, 2.45) is 0 Å². The van der Waals surface area contributed by atoms with Crippen LogP contribution < -0.4 is 4.74 Å². The second-order valence-electron chi connectivity index (χ2n) is 4.22. The SMILES string of the molecule is CCc1cc(COc2cc(Br)cnc2C=O)ccc1Cl. The van der Waals surface area contributed by atoms with Gasteiger partial charge in [-0.1, -0.05) is 30.7 Å². The number of benzene rings is 1. The number of pyridine rings is 1. The number of carbonyl (C=O) groups excluding carboxylic acids is 1. The van der Waals surface area contributed by atoms with Gasteiger partial charge in [-0.05, 0) is 45.6 Å². The van der Waals surface area contributed by atoms with E-state index in [0.717, 1.165) is 27.0 Å². The molecular formula is C15H13BrClNO2. The van der Waals surface area contributed by atoms with E-state index in [1.807, 2.05) is 18.2 Å². The second-order valence-corrected chi connectivity index (χ2v) is 5.55. The number of nitrogens with zero attached hydrogens (tertiary/aromatic N) is 1. The summed E-state index contributed by atoms with van der Waals surface area (Å²) in [6.07, 6.45) is 3.11. The Balaban J connectivity index is 2.16. The van der Waals surface area contributed by atoms with Crippen LogP contribution in [0.15, 0.2) is 34.9 Å². The van der Waals surface area contributed by atoms with Gasteiger partial charge in [-0.2, -0.15) is 0 Å². The monoisotopic (exact) mass is 353 g/mol. The minimum Gasteiger partial charge on any atom is -0.486 e. The van der Waals surface area contributed by atoms with Crippen LogP contribution in [0.5, 0.6) is 5.75 Å². The van der Waals surface area contributed by atoms with E-state index in [0.29, 0.717) is 18.6 Å². The first-order valence-corrected chi connectivity index (χ1v) is 7.32. The molecule has 0 N–H and O–H groups in total. The largest absolute Gasteiger partial charge is 0.486 e. The molecule has 104 valence electrons. The highest BCUT2D eigenvalue weighted by Crippen LogP contribution is 2.23. The summed E-state index contributed by atoms with van der Waals surface area (Å²) in [7, 11) is 0. The molecule has 0 unspecified atom stereocenters. The van der Waals surface area contributed by atoms with Crippen molar-refractivity contribution in [2.45, 2.75) is 20.0 Å². The van der Waals surface area contributed by atoms with E-state index in [1.165, 1.54) is 0 Å². The van der Waals surface area contributed by atoms with Crippen LogP contribution in [0, 0.1) is 0 Å². The van der Waals surface area contributed by atoms with Gasteiger partial charge in [0.05, 0.1) is 0 Å². The number of aromatic nitrogens is 1. The zero-order valence-corrected chi connectivity index (χ0v) is 13.2. The Bertz CT molecular complexity index is 631. The third kappa shape index (κ3) is 3.58. The Hall–Kier alpha value is -1.39. The molecular weight excluding hydrogens is 342 g/mol. The number of carbonyl (C=O) groups is 1. The van der Waals surface area contributed by atoms with Crippen molar-refractivity contribution in [3.8, 4) is 5.75 Å². The molecule has 0 spiro atoms. The van der Waals surface area contributed by atoms with E-state index >= 15 is 0 Å². The molecule has 0 amide bonds. The van der Waals surface area contributed by atoms with Crippen LogP contribution in [0.2, 0.25) is 5.02 Å². The zero-order valence-electron chi connectivity index (χ0n) is 10.9. The summed E-state index contributed by atoms with van der Waals surface area (Å²) in [6.45, 7) is 2.41. The Morgan fingerprint density at radius 2 is 2.20 bits per heavy atom. The summed E-state index contributed by atoms with van der Waals surface area (Å²) in [5, 5.41) is 0.758. The number of aryl methyl sites for hydroxylation is 1. The Labute approximate surface area is 131 Å². The van der Waals surface area contributed by atoms with Crippen molar-refractivity contribution in [1.82, 2.24) is 4.98 Å². The topological polar surface area (TPSA) is 39.2 Å². The maximum Gasteiger partial charge on any atom is 0.172 e. The van der Waals surface area contributed by atoms with E-state index in [1.54, 1.807) is 12.3 Å². The number of halogens is 2. The normalized spacial score (nSPS) is 10.3. The molecule has 2 rings (SSSR count). The van der Waals surface area contributed by atoms with Crippen LogP contribution in [-0.4, -0.2) is 11.3 Å². The first-order chi connectivity index (χ1) is 9.63. The van der Waals surface area contributed by atoms with Crippen molar-refractivity contribution in [3.05, 3.63) is 56.8 Å². The second kappa shape index (κ2) is 6.86. The fourth-order valence-electron chi connectivity index (χ4n) is 1.79. The third-order valence-corrected chi connectivity index (χ3v) is 3.65. The lowest BCUT2D eigenvalue weighted by Crippen LogP contribution is -2.00. The van der Waals surface area contributed by atoms with Gasteiger partial charge in [-0.15, -0.1) is 0 Å². The number of rotatable bonds is 5. The summed E-state index contributed by atoms with van der Waals surface area (Å²) in [5.74, 6) is 0.461. The van der Waals surface area contributed by atoms with Gasteiger partial charge >= 0.3 is 0 Å². The van der Waals surface area contributed by atoms with E-state index in [-0.39, 0.29) is 5.69 Å². The molecule has 0 saturated heterocycles. The van der Waals surface area contributed by atoms with Crippen LogP contribution in [0.3, 0.4) is 0 Å². The molecule has 3 nitrogen and oxygen atoms in total. The van der Waals surface area contributed by atoms with Gasteiger partial charge < -0.3 is 4.74 Å². The Kier molecular flexibility index (Phi) is 5.15. The van der Waals surface area contributed by atoms with Gasteiger partial charge in [0, 0.05) is 15.7 Å². The van der Waals surface area contributed by atoms with Crippen molar-refractivity contribution in [1.29, 1.82) is 0 Å². The first kappa shape index (κ1) is 15.0. The van der Waals surface area contributed by atoms with Gasteiger partial charge in [-0.3, -0.25) is 4.79 Å². The number of aldehydes is 1. The van der Waals surface area contributed by atoms with Crippen molar-refractivity contribution < 1.29 is 9.53 Å². The summed E-state index contributed by atoms with van der Waals surface area (Å²) in [6, 6.07) is 7.51. The summed E-state index contributed by atoms with van der Waals surface area (Å²) < 4.78 is 6.43. The van der Waals surface area contributed by atoms with Gasteiger partial charge in [0.15, 0.2) is 6.29 Å². The first-order valence-electron chi connectivity index (χ1n) is 6.15. The number of ether oxygens (including phenoxy) is 1. The van der Waals surface area contributed by atoms with Crippen LogP contribution in [0.25, 0.3) is 0 Å². The predicted octanol–water partition coefficient (Wildman–Crippen LogP) is 4.45. The summed E-state index contributed by atoms with van der Waals surface area (Å²) in [5.41, 5.74) is 2.37.